The summed E-state index contributed by atoms with van der Waals surface area (Å²) in [6, 6.07) is 9.79. The van der Waals surface area contributed by atoms with Crippen molar-refractivity contribution in [2.24, 2.45) is 0 Å². The highest BCUT2D eigenvalue weighted by molar-refractivity contribution is 7.17. The highest BCUT2D eigenvalue weighted by atomic mass is 32.1. The van der Waals surface area contributed by atoms with Gasteiger partial charge in [0, 0.05) is 5.56 Å². The third kappa shape index (κ3) is 5.04. The molecule has 10 heteroatoms. The SMILES string of the molecule is CCCCOc1ccc([C@@H]2C(=C(O)c3ccc(C)c(F)c3)C(=O)C(=O)N2c2nc(C)c(C(=O)OC)s2)cc1. The second-order valence-electron chi connectivity index (χ2n) is 8.81. The van der Waals surface area contributed by atoms with Crippen LogP contribution in [0.3, 0.4) is 0 Å². The zero-order valence-corrected chi connectivity index (χ0v) is 22.2. The Morgan fingerprint density at radius 1 is 1.16 bits per heavy atom. The molecule has 1 fully saturated rings. The fourth-order valence-corrected chi connectivity index (χ4v) is 5.10. The molecule has 8 nitrogen and oxygen atoms in total. The average molecular weight is 539 g/mol. The number of aryl methyl sites for hydroxylation is 2. The van der Waals surface area contributed by atoms with Crippen LogP contribution in [0.2, 0.25) is 0 Å². The molecular weight excluding hydrogens is 511 g/mol. The van der Waals surface area contributed by atoms with Gasteiger partial charge in [0.15, 0.2) is 5.13 Å². The van der Waals surface area contributed by atoms with Gasteiger partial charge >= 0.3 is 11.9 Å². The number of aliphatic hydroxyl groups is 1. The number of amides is 1. The van der Waals surface area contributed by atoms with Crippen LogP contribution in [0.25, 0.3) is 5.76 Å². The molecule has 4 rings (SSSR count). The van der Waals surface area contributed by atoms with Crippen LogP contribution in [0.4, 0.5) is 9.52 Å². The molecule has 1 saturated heterocycles. The minimum atomic E-state index is -1.08. The minimum Gasteiger partial charge on any atom is -0.507 e. The number of aliphatic hydroxyl groups excluding tert-OH is 1. The Morgan fingerprint density at radius 3 is 2.50 bits per heavy atom. The molecular formula is C28H27FN2O6S. The molecule has 198 valence electrons. The molecule has 1 aromatic heterocycles. The fourth-order valence-electron chi connectivity index (χ4n) is 4.09. The smallest absolute Gasteiger partial charge is 0.350 e. The van der Waals surface area contributed by atoms with E-state index in [-0.39, 0.29) is 21.1 Å². The first-order chi connectivity index (χ1) is 18.2. The van der Waals surface area contributed by atoms with Crippen LogP contribution in [0.15, 0.2) is 48.0 Å². The lowest BCUT2D eigenvalue weighted by Gasteiger charge is -2.23. The van der Waals surface area contributed by atoms with Crippen molar-refractivity contribution in [1.29, 1.82) is 0 Å². The lowest BCUT2D eigenvalue weighted by molar-refractivity contribution is -0.132. The van der Waals surface area contributed by atoms with Gasteiger partial charge in [0.25, 0.3) is 5.78 Å². The van der Waals surface area contributed by atoms with Gasteiger partial charge in [0.1, 0.15) is 22.2 Å². The number of esters is 1. The number of nitrogens with zero attached hydrogens (tertiary/aromatic N) is 2. The first-order valence-corrected chi connectivity index (χ1v) is 12.9. The summed E-state index contributed by atoms with van der Waals surface area (Å²) in [5.74, 6) is -2.98. The standard InChI is InChI=1S/C28H27FN2O6S/c1-5-6-13-37-19-11-9-17(10-12-19)22-21(23(32)18-8-7-15(2)20(29)14-18)24(33)26(34)31(22)28-30-16(3)25(38-28)27(35)36-4/h7-12,14,22,32H,5-6,13H2,1-4H3/t22-/m1/s1. The number of ether oxygens (including phenoxy) is 2. The van der Waals surface area contributed by atoms with Crippen LogP contribution >= 0.6 is 11.3 Å². The Kier molecular flexibility index (Phi) is 7.91. The zero-order valence-electron chi connectivity index (χ0n) is 21.4. The Balaban J connectivity index is 1.86. The van der Waals surface area contributed by atoms with Crippen molar-refractivity contribution < 1.29 is 33.4 Å². The van der Waals surface area contributed by atoms with Crippen molar-refractivity contribution in [3.8, 4) is 5.75 Å². The zero-order chi connectivity index (χ0) is 27.6. The van der Waals surface area contributed by atoms with E-state index in [9.17, 15) is 23.9 Å². The highest BCUT2D eigenvalue weighted by Gasteiger charge is 2.48. The minimum absolute atomic E-state index is 0.0567. The third-order valence-corrected chi connectivity index (χ3v) is 7.35. The Labute approximate surface area is 223 Å². The topological polar surface area (TPSA) is 106 Å². The van der Waals surface area contributed by atoms with Gasteiger partial charge in [-0.25, -0.2) is 14.2 Å². The largest absolute Gasteiger partial charge is 0.507 e. The predicted molar refractivity (Wildman–Crippen MR) is 141 cm³/mol. The molecule has 2 heterocycles. The van der Waals surface area contributed by atoms with Crippen LogP contribution in [-0.4, -0.2) is 41.5 Å². The first-order valence-electron chi connectivity index (χ1n) is 12.0. The second-order valence-corrected chi connectivity index (χ2v) is 9.78. The number of anilines is 1. The summed E-state index contributed by atoms with van der Waals surface area (Å²) in [4.78, 5) is 44.6. The van der Waals surface area contributed by atoms with Gasteiger partial charge in [0.2, 0.25) is 0 Å². The van der Waals surface area contributed by atoms with Crippen molar-refractivity contribution >= 4 is 39.9 Å². The van der Waals surface area contributed by atoms with Gasteiger partial charge in [-0.3, -0.25) is 14.5 Å². The van der Waals surface area contributed by atoms with E-state index in [0.717, 1.165) is 35.1 Å². The van der Waals surface area contributed by atoms with E-state index in [1.165, 1.54) is 19.2 Å². The van der Waals surface area contributed by atoms with Gasteiger partial charge in [-0.05, 0) is 49.6 Å². The maximum atomic E-state index is 14.3. The number of carbonyl (C=O) groups excluding carboxylic acids is 3. The number of ketones is 1. The van der Waals surface area contributed by atoms with Crippen LogP contribution in [-0.2, 0) is 14.3 Å². The van der Waals surface area contributed by atoms with E-state index < -0.39 is 35.3 Å². The quantitative estimate of drug-likeness (QED) is 0.133. The number of thiazole rings is 1. The summed E-state index contributed by atoms with van der Waals surface area (Å²) in [5, 5.41) is 11.3. The van der Waals surface area contributed by atoms with Crippen LogP contribution in [0.5, 0.6) is 5.75 Å². The molecule has 1 atom stereocenters. The summed E-state index contributed by atoms with van der Waals surface area (Å²) < 4.78 is 24.9. The maximum Gasteiger partial charge on any atom is 0.350 e. The summed E-state index contributed by atoms with van der Waals surface area (Å²) in [7, 11) is 1.23. The van der Waals surface area contributed by atoms with Gasteiger partial charge in [-0.1, -0.05) is 48.9 Å². The lowest BCUT2D eigenvalue weighted by Crippen LogP contribution is -2.29. The predicted octanol–water partition coefficient (Wildman–Crippen LogP) is 5.49. The molecule has 1 aliphatic rings. The monoisotopic (exact) mass is 538 g/mol. The number of benzene rings is 2. The van der Waals surface area contributed by atoms with E-state index in [1.54, 1.807) is 38.1 Å². The number of aromatic nitrogens is 1. The van der Waals surface area contributed by atoms with E-state index in [1.807, 2.05) is 0 Å². The number of methoxy groups -OCH3 is 1. The molecule has 0 aliphatic carbocycles. The molecule has 0 spiro atoms. The van der Waals surface area contributed by atoms with Gasteiger partial charge in [-0.15, -0.1) is 0 Å². The summed E-state index contributed by atoms with van der Waals surface area (Å²) in [5.41, 5.74) is 1.03. The number of rotatable bonds is 8. The molecule has 1 amide bonds. The number of hydrogen-bond acceptors (Lipinski definition) is 8. The van der Waals surface area contributed by atoms with Crippen molar-refractivity contribution in [2.75, 3.05) is 18.6 Å². The van der Waals surface area contributed by atoms with Crippen molar-refractivity contribution in [2.45, 2.75) is 39.7 Å². The summed E-state index contributed by atoms with van der Waals surface area (Å²) >= 11 is 0.903. The van der Waals surface area contributed by atoms with Crippen LogP contribution < -0.4 is 9.64 Å². The highest BCUT2D eigenvalue weighted by Crippen LogP contribution is 2.44. The van der Waals surface area contributed by atoms with Crippen molar-refractivity contribution in [3.05, 3.63) is 81.1 Å². The van der Waals surface area contributed by atoms with E-state index in [4.69, 9.17) is 9.47 Å². The number of hydrogen-bond donors (Lipinski definition) is 1. The second kappa shape index (κ2) is 11.1. The molecule has 0 radical (unpaired) electrons. The molecule has 38 heavy (non-hydrogen) atoms. The Morgan fingerprint density at radius 2 is 1.87 bits per heavy atom. The van der Waals surface area contributed by atoms with Gasteiger partial charge in [0.05, 0.1) is 31.0 Å². The average Bonchev–Trinajstić information content (AvgIpc) is 3.42. The first kappa shape index (κ1) is 27.0. The molecule has 1 N–H and O–H groups in total. The van der Waals surface area contributed by atoms with Gasteiger partial charge in [-0.2, -0.15) is 0 Å². The number of carbonyl (C=O) groups is 3. The van der Waals surface area contributed by atoms with Gasteiger partial charge < -0.3 is 14.6 Å². The fraction of sp³-hybridized carbons (Fsp3) is 0.286. The number of halogens is 1. The molecule has 3 aromatic rings. The Hall–Kier alpha value is -4.05. The lowest BCUT2D eigenvalue weighted by atomic mass is 9.95. The normalized spacial score (nSPS) is 16.7. The van der Waals surface area contributed by atoms with Crippen LogP contribution in [0, 0.1) is 19.7 Å². The summed E-state index contributed by atoms with van der Waals surface area (Å²) in [6.45, 7) is 5.77. The molecule has 1 aliphatic heterocycles. The molecule has 0 saturated carbocycles. The summed E-state index contributed by atoms with van der Waals surface area (Å²) in [6.07, 6.45) is 1.87. The van der Waals surface area contributed by atoms with E-state index in [0.29, 0.717) is 29.2 Å². The Bertz CT molecular complexity index is 1430. The van der Waals surface area contributed by atoms with E-state index >= 15 is 0 Å². The number of unbranched alkanes of at least 4 members (excludes halogenated alkanes) is 1. The molecule has 0 bridgehead atoms. The molecule has 2 aromatic carbocycles. The molecule has 0 unspecified atom stereocenters. The number of Topliss-reactive ketones (excluding diaryl/α,β-unsaturated/α-hetero) is 1. The van der Waals surface area contributed by atoms with E-state index in [2.05, 4.69) is 11.9 Å². The van der Waals surface area contributed by atoms with Crippen LogP contribution in [0.1, 0.15) is 57.9 Å². The van der Waals surface area contributed by atoms with Crippen molar-refractivity contribution in [3.63, 3.8) is 0 Å². The maximum absolute atomic E-state index is 14.3. The van der Waals surface area contributed by atoms with Crippen molar-refractivity contribution in [1.82, 2.24) is 4.98 Å². The third-order valence-electron chi connectivity index (χ3n) is 6.21.